The maximum atomic E-state index is 12.4. The van der Waals surface area contributed by atoms with E-state index in [0.717, 1.165) is 11.1 Å². The van der Waals surface area contributed by atoms with Crippen LogP contribution >= 0.6 is 23.2 Å². The number of benzene rings is 2. The molecular weight excluding hydrogens is 267 g/mol. The molecule has 0 N–H and O–H groups in total. The Bertz CT molecular complexity index is 598. The minimum atomic E-state index is -0.0550. The van der Waals surface area contributed by atoms with Crippen LogP contribution in [0.2, 0.25) is 10.0 Å². The topological polar surface area (TPSA) is 17.1 Å². The average molecular weight is 279 g/mol. The summed E-state index contributed by atoms with van der Waals surface area (Å²) in [6, 6.07) is 10.6. The molecule has 0 aromatic heterocycles. The molecule has 0 aliphatic heterocycles. The Kier molecular flexibility index (Phi) is 3.74. The van der Waals surface area contributed by atoms with Gasteiger partial charge in [-0.2, -0.15) is 0 Å². The maximum Gasteiger partial charge on any atom is 0.193 e. The molecule has 0 spiro atoms. The van der Waals surface area contributed by atoms with Crippen molar-refractivity contribution in [3.8, 4) is 0 Å². The van der Waals surface area contributed by atoms with Gasteiger partial charge in [-0.25, -0.2) is 0 Å². The summed E-state index contributed by atoms with van der Waals surface area (Å²) in [6.07, 6.45) is 0. The number of carbonyl (C=O) groups is 1. The second-order valence-electron chi connectivity index (χ2n) is 4.23. The highest BCUT2D eigenvalue weighted by Crippen LogP contribution is 2.23. The number of hydrogen-bond donors (Lipinski definition) is 0. The molecule has 0 radical (unpaired) electrons. The predicted molar refractivity (Wildman–Crippen MR) is 75.8 cm³/mol. The third-order valence-electron chi connectivity index (χ3n) is 2.97. The molecule has 0 atom stereocenters. The van der Waals surface area contributed by atoms with Crippen LogP contribution < -0.4 is 0 Å². The van der Waals surface area contributed by atoms with Crippen LogP contribution in [0, 0.1) is 13.8 Å². The van der Waals surface area contributed by atoms with Gasteiger partial charge in [0.1, 0.15) is 0 Å². The molecule has 2 rings (SSSR count). The van der Waals surface area contributed by atoms with Crippen molar-refractivity contribution >= 4 is 29.0 Å². The lowest BCUT2D eigenvalue weighted by molar-refractivity contribution is 0.103. The number of rotatable bonds is 2. The van der Waals surface area contributed by atoms with Crippen molar-refractivity contribution in [1.29, 1.82) is 0 Å². The molecule has 92 valence electrons. The van der Waals surface area contributed by atoms with E-state index in [1.54, 1.807) is 18.2 Å². The van der Waals surface area contributed by atoms with Gasteiger partial charge < -0.3 is 0 Å². The number of hydrogen-bond acceptors (Lipinski definition) is 1. The van der Waals surface area contributed by atoms with Crippen LogP contribution in [0.25, 0.3) is 0 Å². The Labute approximate surface area is 116 Å². The van der Waals surface area contributed by atoms with Crippen LogP contribution in [0.1, 0.15) is 27.0 Å². The summed E-state index contributed by atoms with van der Waals surface area (Å²) in [4.78, 5) is 12.4. The van der Waals surface area contributed by atoms with E-state index < -0.39 is 0 Å². The molecule has 0 saturated carbocycles. The van der Waals surface area contributed by atoms with Gasteiger partial charge in [0.2, 0.25) is 0 Å². The minimum Gasteiger partial charge on any atom is -0.289 e. The second kappa shape index (κ2) is 5.13. The van der Waals surface area contributed by atoms with Crippen molar-refractivity contribution in [3.63, 3.8) is 0 Å². The van der Waals surface area contributed by atoms with E-state index in [-0.39, 0.29) is 5.78 Å². The molecular formula is C15H12Cl2O. The van der Waals surface area contributed by atoms with Gasteiger partial charge in [-0.05, 0) is 43.2 Å². The van der Waals surface area contributed by atoms with Gasteiger partial charge in [0, 0.05) is 21.2 Å². The van der Waals surface area contributed by atoms with Gasteiger partial charge in [0.05, 0.1) is 0 Å². The lowest BCUT2D eigenvalue weighted by atomic mass is 9.96. The minimum absolute atomic E-state index is 0.0550. The van der Waals surface area contributed by atoms with Crippen LogP contribution in [0.4, 0.5) is 0 Å². The zero-order valence-corrected chi connectivity index (χ0v) is 11.6. The Hall–Kier alpha value is -1.31. The highest BCUT2D eigenvalue weighted by molar-refractivity contribution is 6.35. The van der Waals surface area contributed by atoms with E-state index in [0.29, 0.717) is 21.2 Å². The second-order valence-corrected chi connectivity index (χ2v) is 5.11. The van der Waals surface area contributed by atoms with Crippen molar-refractivity contribution in [1.82, 2.24) is 0 Å². The van der Waals surface area contributed by atoms with Crippen LogP contribution in [-0.4, -0.2) is 5.78 Å². The molecule has 0 aliphatic carbocycles. The summed E-state index contributed by atoms with van der Waals surface area (Å²) in [6.45, 7) is 3.92. The van der Waals surface area contributed by atoms with Crippen LogP contribution in [0.3, 0.4) is 0 Å². The highest BCUT2D eigenvalue weighted by Gasteiger charge is 2.13. The highest BCUT2D eigenvalue weighted by atomic mass is 35.5. The van der Waals surface area contributed by atoms with Crippen molar-refractivity contribution in [3.05, 3.63) is 68.7 Å². The van der Waals surface area contributed by atoms with E-state index in [1.807, 2.05) is 32.0 Å². The van der Waals surface area contributed by atoms with Gasteiger partial charge in [-0.1, -0.05) is 41.4 Å². The molecule has 3 heteroatoms. The number of carbonyl (C=O) groups excluding carboxylic acids is 1. The van der Waals surface area contributed by atoms with E-state index in [2.05, 4.69) is 0 Å². The predicted octanol–water partition coefficient (Wildman–Crippen LogP) is 4.84. The Morgan fingerprint density at radius 1 is 1.00 bits per heavy atom. The first kappa shape index (κ1) is 13.1. The maximum absolute atomic E-state index is 12.4. The van der Waals surface area contributed by atoms with Gasteiger partial charge in [0.15, 0.2) is 5.78 Å². The van der Waals surface area contributed by atoms with Crippen LogP contribution in [-0.2, 0) is 0 Å². The largest absolute Gasteiger partial charge is 0.289 e. The van der Waals surface area contributed by atoms with Crippen molar-refractivity contribution in [2.45, 2.75) is 13.8 Å². The van der Waals surface area contributed by atoms with Gasteiger partial charge >= 0.3 is 0 Å². The molecule has 1 nitrogen and oxygen atoms in total. The summed E-state index contributed by atoms with van der Waals surface area (Å²) >= 11 is 11.8. The summed E-state index contributed by atoms with van der Waals surface area (Å²) in [5, 5.41) is 0.937. The SMILES string of the molecule is Cc1cccc(C(=O)c2cc(Cl)cc(Cl)c2)c1C. The van der Waals surface area contributed by atoms with Gasteiger partial charge in [-0.3, -0.25) is 4.79 Å². The van der Waals surface area contributed by atoms with Gasteiger partial charge in [-0.15, -0.1) is 0 Å². The number of halogens is 2. The Balaban J connectivity index is 2.51. The van der Waals surface area contributed by atoms with Crippen LogP contribution in [0.5, 0.6) is 0 Å². The molecule has 0 fully saturated rings. The lowest BCUT2D eigenvalue weighted by Gasteiger charge is -2.08. The molecule has 0 saturated heterocycles. The fraction of sp³-hybridized carbons (Fsp3) is 0.133. The quantitative estimate of drug-likeness (QED) is 0.719. The van der Waals surface area contributed by atoms with Crippen molar-refractivity contribution in [2.75, 3.05) is 0 Å². The van der Waals surface area contributed by atoms with Crippen molar-refractivity contribution < 1.29 is 4.79 Å². The lowest BCUT2D eigenvalue weighted by Crippen LogP contribution is -2.04. The van der Waals surface area contributed by atoms with E-state index in [9.17, 15) is 4.79 Å². The monoisotopic (exact) mass is 278 g/mol. The first-order valence-corrected chi connectivity index (χ1v) is 6.31. The number of ketones is 1. The molecule has 0 amide bonds. The first-order valence-electron chi connectivity index (χ1n) is 5.56. The fourth-order valence-electron chi connectivity index (χ4n) is 1.84. The summed E-state index contributed by atoms with van der Waals surface area (Å²) in [5.41, 5.74) is 3.28. The van der Waals surface area contributed by atoms with Crippen molar-refractivity contribution in [2.24, 2.45) is 0 Å². The van der Waals surface area contributed by atoms with Gasteiger partial charge in [0.25, 0.3) is 0 Å². The molecule has 0 aliphatic rings. The van der Waals surface area contributed by atoms with E-state index in [1.165, 1.54) is 0 Å². The molecule has 2 aromatic carbocycles. The normalized spacial score (nSPS) is 10.4. The first-order chi connectivity index (χ1) is 8.49. The zero-order valence-electron chi connectivity index (χ0n) is 10.1. The zero-order chi connectivity index (χ0) is 13.3. The summed E-state index contributed by atoms with van der Waals surface area (Å²) in [5.74, 6) is -0.0550. The fourth-order valence-corrected chi connectivity index (χ4v) is 2.36. The number of aryl methyl sites for hydroxylation is 1. The Morgan fingerprint density at radius 2 is 1.61 bits per heavy atom. The average Bonchev–Trinajstić information content (AvgIpc) is 2.30. The molecule has 18 heavy (non-hydrogen) atoms. The molecule has 0 unspecified atom stereocenters. The van der Waals surface area contributed by atoms with E-state index in [4.69, 9.17) is 23.2 Å². The smallest absolute Gasteiger partial charge is 0.193 e. The molecule has 0 bridgehead atoms. The third-order valence-corrected chi connectivity index (χ3v) is 3.41. The molecule has 2 aromatic rings. The van der Waals surface area contributed by atoms with Crippen LogP contribution in [0.15, 0.2) is 36.4 Å². The molecule has 0 heterocycles. The third kappa shape index (κ3) is 2.58. The Morgan fingerprint density at radius 3 is 2.22 bits per heavy atom. The summed E-state index contributed by atoms with van der Waals surface area (Å²) in [7, 11) is 0. The van der Waals surface area contributed by atoms with E-state index >= 15 is 0 Å². The standard InChI is InChI=1S/C15H12Cl2O/c1-9-4-3-5-14(10(9)2)15(18)11-6-12(16)8-13(17)7-11/h3-8H,1-2H3. The summed E-state index contributed by atoms with van der Waals surface area (Å²) < 4.78 is 0.